The van der Waals surface area contributed by atoms with Crippen LogP contribution in [0.15, 0.2) is 36.5 Å². The molecule has 1 aromatic heterocycles. The molecule has 0 unspecified atom stereocenters. The number of amides is 1. The Hall–Kier alpha value is -2.43. The summed E-state index contributed by atoms with van der Waals surface area (Å²) < 4.78 is 18.9. The van der Waals surface area contributed by atoms with Crippen LogP contribution in [0.5, 0.6) is 5.88 Å². The lowest BCUT2D eigenvalue weighted by Gasteiger charge is -2.28. The van der Waals surface area contributed by atoms with Crippen molar-refractivity contribution in [2.75, 3.05) is 0 Å². The van der Waals surface area contributed by atoms with Gasteiger partial charge in [0.2, 0.25) is 5.88 Å². The maximum atomic E-state index is 13.2. The van der Waals surface area contributed by atoms with Crippen molar-refractivity contribution < 1.29 is 13.9 Å². The second-order valence-corrected chi connectivity index (χ2v) is 7.42. The van der Waals surface area contributed by atoms with Gasteiger partial charge in [0, 0.05) is 17.8 Å². The lowest BCUT2D eigenvalue weighted by molar-refractivity contribution is 0.0918. The fourth-order valence-corrected chi connectivity index (χ4v) is 3.66. The second kappa shape index (κ2) is 8.98. The number of aromatic nitrogens is 1. The van der Waals surface area contributed by atoms with E-state index in [1.54, 1.807) is 18.2 Å². The van der Waals surface area contributed by atoms with E-state index in [4.69, 9.17) is 4.74 Å². The van der Waals surface area contributed by atoms with Gasteiger partial charge in [0.1, 0.15) is 12.4 Å². The molecule has 0 spiro atoms. The predicted molar refractivity (Wildman–Crippen MR) is 103 cm³/mol. The van der Waals surface area contributed by atoms with Crippen molar-refractivity contribution >= 4 is 5.91 Å². The predicted octanol–water partition coefficient (Wildman–Crippen LogP) is 4.81. The van der Waals surface area contributed by atoms with E-state index >= 15 is 0 Å². The van der Waals surface area contributed by atoms with Gasteiger partial charge in [-0.3, -0.25) is 4.79 Å². The number of carbonyl (C=O) groups is 1. The number of nitrogens with one attached hydrogen (secondary N) is 1. The van der Waals surface area contributed by atoms with Crippen molar-refractivity contribution in [1.82, 2.24) is 10.3 Å². The average Bonchev–Trinajstić information content (AvgIpc) is 2.67. The molecule has 2 aromatic rings. The summed E-state index contributed by atoms with van der Waals surface area (Å²) in [7, 11) is 0. The van der Waals surface area contributed by atoms with E-state index in [1.165, 1.54) is 50.4 Å². The minimum Gasteiger partial charge on any atom is -0.473 e. The summed E-state index contributed by atoms with van der Waals surface area (Å²) in [4.78, 5) is 16.8. The van der Waals surface area contributed by atoms with Gasteiger partial charge in [-0.1, -0.05) is 31.4 Å². The highest BCUT2D eigenvalue weighted by atomic mass is 19.1. The topological polar surface area (TPSA) is 51.2 Å². The Morgan fingerprint density at radius 3 is 2.78 bits per heavy atom. The van der Waals surface area contributed by atoms with Crippen LogP contribution in [-0.4, -0.2) is 16.9 Å². The quantitative estimate of drug-likeness (QED) is 0.794. The molecule has 3 rings (SSSR count). The Kier molecular flexibility index (Phi) is 6.43. The standard InChI is InChI=1S/C22H27FN2O2/c1-15-11-19(21(26)25-16(2)18-8-4-3-5-9-18)13-24-22(15)27-14-17-7-6-10-20(23)12-17/h6-7,10-13,16,18H,3-5,8-9,14H2,1-2H3,(H,25,26)/t16-/m1/s1. The van der Waals surface area contributed by atoms with Crippen molar-refractivity contribution in [2.45, 2.75) is 58.6 Å². The molecule has 1 aliphatic carbocycles. The Morgan fingerprint density at radius 1 is 1.30 bits per heavy atom. The van der Waals surface area contributed by atoms with Crippen LogP contribution in [-0.2, 0) is 6.61 Å². The Morgan fingerprint density at radius 2 is 2.07 bits per heavy atom. The number of ether oxygens (including phenoxy) is 1. The molecule has 1 N–H and O–H groups in total. The first-order valence-corrected chi connectivity index (χ1v) is 9.67. The van der Waals surface area contributed by atoms with Gasteiger partial charge < -0.3 is 10.1 Å². The van der Waals surface area contributed by atoms with Gasteiger partial charge in [-0.25, -0.2) is 9.37 Å². The highest BCUT2D eigenvalue weighted by Crippen LogP contribution is 2.26. The zero-order valence-electron chi connectivity index (χ0n) is 16.0. The normalized spacial score (nSPS) is 16.0. The summed E-state index contributed by atoms with van der Waals surface area (Å²) in [5.74, 6) is 0.627. The van der Waals surface area contributed by atoms with E-state index < -0.39 is 0 Å². The monoisotopic (exact) mass is 370 g/mol. The third-order valence-electron chi connectivity index (χ3n) is 5.27. The Balaban J connectivity index is 1.59. The maximum Gasteiger partial charge on any atom is 0.253 e. The van der Waals surface area contributed by atoms with Crippen LogP contribution in [0.3, 0.4) is 0 Å². The van der Waals surface area contributed by atoms with Gasteiger partial charge in [-0.05, 0) is 56.4 Å². The van der Waals surface area contributed by atoms with Gasteiger partial charge in [0.25, 0.3) is 5.91 Å². The highest BCUT2D eigenvalue weighted by molar-refractivity contribution is 5.94. The molecule has 1 fully saturated rings. The number of carbonyl (C=O) groups excluding carboxylic acids is 1. The molecule has 1 aliphatic rings. The van der Waals surface area contributed by atoms with Crippen molar-refractivity contribution in [2.24, 2.45) is 5.92 Å². The lowest BCUT2D eigenvalue weighted by atomic mass is 9.84. The number of rotatable bonds is 6. The van der Waals surface area contributed by atoms with Crippen LogP contribution in [0.1, 0.15) is 60.5 Å². The smallest absolute Gasteiger partial charge is 0.253 e. The Labute approximate surface area is 160 Å². The first kappa shape index (κ1) is 19.3. The van der Waals surface area contributed by atoms with Gasteiger partial charge in [-0.15, -0.1) is 0 Å². The summed E-state index contributed by atoms with van der Waals surface area (Å²) in [5.41, 5.74) is 2.05. The fraction of sp³-hybridized carbons (Fsp3) is 0.455. The zero-order valence-corrected chi connectivity index (χ0v) is 16.0. The average molecular weight is 370 g/mol. The number of hydrogen-bond donors (Lipinski definition) is 1. The SMILES string of the molecule is Cc1cc(C(=O)N[C@H](C)C2CCCCC2)cnc1OCc1cccc(F)c1. The molecule has 0 saturated heterocycles. The molecule has 1 aromatic carbocycles. The number of benzene rings is 1. The van der Waals surface area contributed by atoms with Gasteiger partial charge >= 0.3 is 0 Å². The first-order chi connectivity index (χ1) is 13.0. The molecular formula is C22H27FN2O2. The number of hydrogen-bond acceptors (Lipinski definition) is 3. The zero-order chi connectivity index (χ0) is 19.2. The largest absolute Gasteiger partial charge is 0.473 e. The highest BCUT2D eigenvalue weighted by Gasteiger charge is 2.22. The number of nitrogens with zero attached hydrogens (tertiary/aromatic N) is 1. The van der Waals surface area contributed by atoms with Crippen molar-refractivity contribution in [3.05, 3.63) is 59.0 Å². The molecule has 27 heavy (non-hydrogen) atoms. The number of aryl methyl sites for hydroxylation is 1. The van der Waals surface area contributed by atoms with E-state index in [1.807, 2.05) is 6.92 Å². The van der Waals surface area contributed by atoms with Gasteiger partial charge in [0.15, 0.2) is 0 Å². The molecular weight excluding hydrogens is 343 g/mol. The molecule has 0 bridgehead atoms. The van der Waals surface area contributed by atoms with E-state index in [-0.39, 0.29) is 24.4 Å². The molecule has 1 atom stereocenters. The summed E-state index contributed by atoms with van der Waals surface area (Å²) in [5, 5.41) is 3.12. The first-order valence-electron chi connectivity index (χ1n) is 9.67. The van der Waals surface area contributed by atoms with Crippen LogP contribution >= 0.6 is 0 Å². The second-order valence-electron chi connectivity index (χ2n) is 7.42. The summed E-state index contributed by atoms with van der Waals surface area (Å²) in [6.45, 7) is 4.18. The summed E-state index contributed by atoms with van der Waals surface area (Å²) in [6, 6.07) is 8.24. The lowest BCUT2D eigenvalue weighted by Crippen LogP contribution is -2.38. The minimum absolute atomic E-state index is 0.0969. The van der Waals surface area contributed by atoms with Gasteiger partial charge in [0.05, 0.1) is 5.56 Å². The minimum atomic E-state index is -0.292. The van der Waals surface area contributed by atoms with Crippen molar-refractivity contribution in [3.63, 3.8) is 0 Å². The number of halogens is 1. The molecule has 4 nitrogen and oxygen atoms in total. The van der Waals surface area contributed by atoms with E-state index in [9.17, 15) is 9.18 Å². The molecule has 1 saturated carbocycles. The van der Waals surface area contributed by atoms with Crippen LogP contribution < -0.4 is 10.1 Å². The molecule has 1 heterocycles. The molecule has 144 valence electrons. The van der Waals surface area contributed by atoms with E-state index in [0.717, 1.165) is 11.1 Å². The summed E-state index contributed by atoms with van der Waals surface area (Å²) in [6.07, 6.45) is 7.72. The van der Waals surface area contributed by atoms with Gasteiger partial charge in [-0.2, -0.15) is 0 Å². The molecule has 0 radical (unpaired) electrons. The van der Waals surface area contributed by atoms with Crippen molar-refractivity contribution in [1.29, 1.82) is 0 Å². The Bertz CT molecular complexity index is 788. The van der Waals surface area contributed by atoms with Crippen LogP contribution in [0.4, 0.5) is 4.39 Å². The van der Waals surface area contributed by atoms with Crippen molar-refractivity contribution in [3.8, 4) is 5.88 Å². The van der Waals surface area contributed by atoms with E-state index in [0.29, 0.717) is 17.4 Å². The summed E-state index contributed by atoms with van der Waals surface area (Å²) >= 11 is 0. The van der Waals surface area contributed by atoms with Crippen LogP contribution in [0, 0.1) is 18.7 Å². The van der Waals surface area contributed by atoms with E-state index in [2.05, 4.69) is 17.2 Å². The number of pyridine rings is 1. The third kappa shape index (κ3) is 5.28. The third-order valence-corrected chi connectivity index (χ3v) is 5.27. The fourth-order valence-electron chi connectivity index (χ4n) is 3.66. The van der Waals surface area contributed by atoms with Crippen LogP contribution in [0.2, 0.25) is 0 Å². The van der Waals surface area contributed by atoms with Crippen LogP contribution in [0.25, 0.3) is 0 Å². The molecule has 1 amide bonds. The molecule has 5 heteroatoms. The molecule has 0 aliphatic heterocycles. The maximum absolute atomic E-state index is 13.2.